The number of nitrogens with zero attached hydrogens (tertiary/aromatic N) is 2. The second kappa shape index (κ2) is 13.5. The van der Waals surface area contributed by atoms with E-state index < -0.39 is 37.3 Å². The zero-order chi connectivity index (χ0) is 29.6. The lowest BCUT2D eigenvalue weighted by molar-refractivity contribution is -0.229. The first-order valence-corrected chi connectivity index (χ1v) is 14.4. The van der Waals surface area contributed by atoms with Gasteiger partial charge in [0.1, 0.15) is 24.2 Å². The third-order valence-electron chi connectivity index (χ3n) is 8.17. The molecular weight excluding hydrogens is 544 g/mol. The minimum absolute atomic E-state index is 0.0350. The minimum Gasteiger partial charge on any atom is -0.465 e. The number of hydrogen-bond acceptors (Lipinski definition) is 8. The van der Waals surface area contributed by atoms with Crippen LogP contribution in [0.5, 0.6) is 5.75 Å². The number of aldehydes is 1. The lowest BCUT2D eigenvalue weighted by atomic mass is 10.0. The summed E-state index contributed by atoms with van der Waals surface area (Å²) in [6.07, 6.45) is -0.883. The van der Waals surface area contributed by atoms with Gasteiger partial charge >= 0.3 is 12.1 Å². The van der Waals surface area contributed by atoms with Crippen LogP contribution in [0.15, 0.2) is 48.5 Å². The SMILES string of the molecule is O=C[C@@H](Cc1ccc(OC2CC(O)C(O)C(CO)O2)cc1)NC(=O)N1CCC(N2CCc3ccccc3NC2=O)CC1. The van der Waals surface area contributed by atoms with Gasteiger partial charge in [-0.2, -0.15) is 0 Å². The Morgan fingerprint density at radius 1 is 1.12 bits per heavy atom. The summed E-state index contributed by atoms with van der Waals surface area (Å²) in [4.78, 5) is 41.2. The first kappa shape index (κ1) is 29.8. The fraction of sp³-hybridized carbons (Fsp3) is 0.500. The predicted molar refractivity (Wildman–Crippen MR) is 152 cm³/mol. The van der Waals surface area contributed by atoms with Crippen molar-refractivity contribution in [2.75, 3.05) is 31.6 Å². The van der Waals surface area contributed by atoms with Crippen molar-refractivity contribution < 1.29 is 39.2 Å². The van der Waals surface area contributed by atoms with Crippen molar-refractivity contribution in [2.24, 2.45) is 0 Å². The summed E-state index contributed by atoms with van der Waals surface area (Å²) < 4.78 is 11.2. The maximum Gasteiger partial charge on any atom is 0.322 e. The normalized spacial score (nSPS) is 25.5. The van der Waals surface area contributed by atoms with Crippen molar-refractivity contribution in [3.63, 3.8) is 0 Å². The number of fused-ring (bicyclic) bond motifs is 1. The molecule has 5 rings (SSSR count). The van der Waals surface area contributed by atoms with Gasteiger partial charge in [-0.15, -0.1) is 0 Å². The van der Waals surface area contributed by atoms with Crippen LogP contribution in [0, 0.1) is 0 Å². The van der Waals surface area contributed by atoms with Gasteiger partial charge in [0.2, 0.25) is 6.29 Å². The molecule has 0 spiro atoms. The molecule has 0 saturated carbocycles. The number of urea groups is 2. The number of carbonyl (C=O) groups is 3. The molecule has 3 aliphatic heterocycles. The summed E-state index contributed by atoms with van der Waals surface area (Å²) in [6.45, 7) is 1.14. The van der Waals surface area contributed by atoms with Crippen molar-refractivity contribution >= 4 is 24.0 Å². The Morgan fingerprint density at radius 3 is 2.57 bits per heavy atom. The third kappa shape index (κ3) is 7.01. The van der Waals surface area contributed by atoms with Crippen LogP contribution < -0.4 is 15.4 Å². The molecule has 42 heavy (non-hydrogen) atoms. The zero-order valence-electron chi connectivity index (χ0n) is 23.3. The molecule has 2 fully saturated rings. The first-order valence-electron chi connectivity index (χ1n) is 14.4. The van der Waals surface area contributed by atoms with E-state index in [2.05, 4.69) is 10.6 Å². The maximum absolute atomic E-state index is 13.0. The van der Waals surface area contributed by atoms with Gasteiger partial charge in [0.25, 0.3) is 0 Å². The van der Waals surface area contributed by atoms with Gasteiger partial charge in [0.05, 0.1) is 18.8 Å². The number of rotatable bonds is 8. The molecule has 0 radical (unpaired) electrons. The summed E-state index contributed by atoms with van der Waals surface area (Å²) in [5.41, 5.74) is 2.76. The number of aliphatic hydroxyl groups is 3. The van der Waals surface area contributed by atoms with Crippen LogP contribution in [0.3, 0.4) is 0 Å². The molecule has 12 heteroatoms. The second-order valence-electron chi connectivity index (χ2n) is 11.0. The molecule has 2 aromatic carbocycles. The molecule has 2 aromatic rings. The monoisotopic (exact) mass is 582 g/mol. The van der Waals surface area contributed by atoms with Gasteiger partial charge in [-0.05, 0) is 55.0 Å². The van der Waals surface area contributed by atoms with Crippen molar-refractivity contribution in [2.45, 2.75) is 68.8 Å². The van der Waals surface area contributed by atoms with Gasteiger partial charge in [-0.3, -0.25) is 0 Å². The number of amides is 4. The number of carbonyl (C=O) groups excluding carboxylic acids is 3. The summed E-state index contributed by atoms with van der Waals surface area (Å²) in [5.74, 6) is 0.459. The van der Waals surface area contributed by atoms with Gasteiger partial charge in [-0.1, -0.05) is 30.3 Å². The molecule has 2 saturated heterocycles. The Hall–Kier alpha value is -3.71. The largest absolute Gasteiger partial charge is 0.465 e. The van der Waals surface area contributed by atoms with Gasteiger partial charge < -0.3 is 50.0 Å². The van der Waals surface area contributed by atoms with Crippen LogP contribution in [0.2, 0.25) is 0 Å². The van der Waals surface area contributed by atoms with E-state index in [0.29, 0.717) is 44.5 Å². The van der Waals surface area contributed by atoms with E-state index in [9.17, 15) is 29.7 Å². The highest BCUT2D eigenvalue weighted by atomic mass is 16.7. The Balaban J connectivity index is 1.08. The Bertz CT molecular complexity index is 1240. The number of piperidine rings is 1. The molecule has 0 bridgehead atoms. The first-order chi connectivity index (χ1) is 20.3. The molecule has 4 unspecified atom stereocenters. The Morgan fingerprint density at radius 2 is 1.86 bits per heavy atom. The maximum atomic E-state index is 13.0. The van der Waals surface area contributed by atoms with Crippen molar-refractivity contribution in [3.8, 4) is 5.75 Å². The zero-order valence-corrected chi connectivity index (χ0v) is 23.3. The number of likely N-dealkylation sites (tertiary alicyclic amines) is 1. The Kier molecular flexibility index (Phi) is 9.58. The van der Waals surface area contributed by atoms with Gasteiger partial charge in [0, 0.05) is 37.8 Å². The lowest BCUT2D eigenvalue weighted by Gasteiger charge is -2.38. The Labute approximate surface area is 244 Å². The van der Waals surface area contributed by atoms with E-state index in [4.69, 9.17) is 9.47 Å². The third-order valence-corrected chi connectivity index (χ3v) is 8.17. The van der Waals surface area contributed by atoms with Crippen molar-refractivity contribution in [3.05, 3.63) is 59.7 Å². The molecular formula is C30H38N4O8. The fourth-order valence-electron chi connectivity index (χ4n) is 5.75. The highest BCUT2D eigenvalue weighted by Gasteiger charge is 2.37. The number of nitrogens with one attached hydrogen (secondary N) is 2. The molecule has 0 aromatic heterocycles. The van der Waals surface area contributed by atoms with Crippen LogP contribution in [0.4, 0.5) is 15.3 Å². The number of anilines is 1. The highest BCUT2D eigenvalue weighted by molar-refractivity contribution is 5.91. The number of aliphatic hydroxyl groups excluding tert-OH is 3. The van der Waals surface area contributed by atoms with E-state index >= 15 is 0 Å². The van der Waals surface area contributed by atoms with E-state index in [1.54, 1.807) is 29.2 Å². The smallest absolute Gasteiger partial charge is 0.322 e. The van der Waals surface area contributed by atoms with Crippen LogP contribution in [0.1, 0.15) is 30.4 Å². The molecule has 226 valence electrons. The molecule has 12 nitrogen and oxygen atoms in total. The lowest BCUT2D eigenvalue weighted by Crippen LogP contribution is -2.53. The number of hydrogen-bond donors (Lipinski definition) is 5. The average Bonchev–Trinajstić information content (AvgIpc) is 3.17. The van der Waals surface area contributed by atoms with Crippen LogP contribution in [-0.4, -0.2) is 106 Å². The van der Waals surface area contributed by atoms with Crippen molar-refractivity contribution in [1.29, 1.82) is 0 Å². The molecule has 0 aliphatic carbocycles. The highest BCUT2D eigenvalue weighted by Crippen LogP contribution is 2.26. The van der Waals surface area contributed by atoms with E-state index in [0.717, 1.165) is 23.2 Å². The summed E-state index contributed by atoms with van der Waals surface area (Å²) in [6, 6.07) is 13.6. The fourth-order valence-corrected chi connectivity index (χ4v) is 5.75. The standard InChI is InChI=1S/C30H38N4O8/c35-17-21(15-19-5-7-23(8-6-19)41-27-16-25(37)28(38)26(18-36)42-27)31-29(39)33-12-10-22(11-13-33)34-14-9-20-3-1-2-4-24(20)32-30(34)40/h1-8,17,21-22,25-28,36-38H,9-16,18H2,(H,31,39)(H,32,40)/t21-,25?,26?,27?,28?/m1/s1. The second-order valence-corrected chi connectivity index (χ2v) is 11.0. The van der Waals surface area contributed by atoms with Crippen molar-refractivity contribution in [1.82, 2.24) is 15.1 Å². The molecule has 3 heterocycles. The van der Waals surface area contributed by atoms with E-state index in [-0.39, 0.29) is 30.9 Å². The van der Waals surface area contributed by atoms with Crippen LogP contribution >= 0.6 is 0 Å². The number of ether oxygens (including phenoxy) is 2. The molecule has 5 N–H and O–H groups in total. The van der Waals surface area contributed by atoms with Gasteiger partial charge in [0.15, 0.2) is 0 Å². The van der Waals surface area contributed by atoms with Crippen LogP contribution in [-0.2, 0) is 22.4 Å². The van der Waals surface area contributed by atoms with Gasteiger partial charge in [-0.25, -0.2) is 9.59 Å². The van der Waals surface area contributed by atoms with E-state index in [1.165, 1.54) is 0 Å². The quantitative estimate of drug-likeness (QED) is 0.291. The molecule has 4 amide bonds. The molecule has 3 aliphatic rings. The average molecular weight is 583 g/mol. The minimum atomic E-state index is -1.18. The topological polar surface area (TPSA) is 161 Å². The number of benzene rings is 2. The summed E-state index contributed by atoms with van der Waals surface area (Å²) >= 11 is 0. The number of para-hydroxylation sites is 1. The van der Waals surface area contributed by atoms with Crippen LogP contribution in [0.25, 0.3) is 0 Å². The summed E-state index contributed by atoms with van der Waals surface area (Å²) in [5, 5.41) is 35.0. The predicted octanol–water partition coefficient (Wildman–Crippen LogP) is 1.27. The molecule has 5 atom stereocenters. The van der Waals surface area contributed by atoms with E-state index in [1.807, 2.05) is 29.2 Å². The summed E-state index contributed by atoms with van der Waals surface area (Å²) in [7, 11) is 0.